The Bertz CT molecular complexity index is 343. The van der Waals surface area contributed by atoms with Crippen molar-refractivity contribution in [3.05, 3.63) is 54.4 Å². The number of benzene rings is 1. The third kappa shape index (κ3) is 1.88. The van der Waals surface area contributed by atoms with E-state index in [9.17, 15) is 0 Å². The maximum Gasteiger partial charge on any atom is 0.0448 e. The average molecular weight is 203 g/mol. The Kier molecular flexibility index (Phi) is 3.00. The molecule has 1 aliphatic heterocycles. The van der Waals surface area contributed by atoms with Crippen LogP contribution in [0.2, 0.25) is 0 Å². The van der Waals surface area contributed by atoms with Crippen LogP contribution in [0, 0.1) is 0 Å². The Balaban J connectivity index is 2.22. The van der Waals surface area contributed by atoms with Crippen LogP contribution < -0.4 is 0 Å². The molecule has 0 aliphatic carbocycles. The molecule has 1 atom stereocenters. The lowest BCUT2D eigenvalue weighted by Crippen LogP contribution is -2.17. The first-order valence-electron chi connectivity index (χ1n) is 4.76. The van der Waals surface area contributed by atoms with Gasteiger partial charge in [-0.05, 0) is 11.4 Å². The summed E-state index contributed by atoms with van der Waals surface area (Å²) in [5.41, 5.74) is 2.68. The Morgan fingerprint density at radius 2 is 2.14 bits per heavy atom. The van der Waals surface area contributed by atoms with Crippen molar-refractivity contribution in [3.63, 3.8) is 0 Å². The second-order valence-electron chi connectivity index (χ2n) is 3.27. The standard InChI is InChI=1S/C12H14NP/c1-2-8-13-10-14-9-12(13)11-6-4-3-5-7-11/h2-7,9,14H,1,8,10H2. The molecule has 0 saturated heterocycles. The molecule has 1 aliphatic rings. The van der Waals surface area contributed by atoms with Gasteiger partial charge in [0.25, 0.3) is 0 Å². The lowest BCUT2D eigenvalue weighted by Gasteiger charge is -2.20. The van der Waals surface area contributed by atoms with E-state index in [1.54, 1.807) is 0 Å². The summed E-state index contributed by atoms with van der Waals surface area (Å²) in [7, 11) is 0.921. The van der Waals surface area contributed by atoms with Crippen LogP contribution in [0.1, 0.15) is 5.56 Å². The van der Waals surface area contributed by atoms with E-state index >= 15 is 0 Å². The number of hydrogen-bond donors (Lipinski definition) is 0. The minimum absolute atomic E-state index is 0.921. The maximum absolute atomic E-state index is 3.79. The molecule has 0 radical (unpaired) electrons. The van der Waals surface area contributed by atoms with E-state index in [-0.39, 0.29) is 0 Å². The molecular weight excluding hydrogens is 189 g/mol. The van der Waals surface area contributed by atoms with Gasteiger partial charge in [0.1, 0.15) is 0 Å². The molecule has 0 fully saturated rings. The predicted molar refractivity (Wildman–Crippen MR) is 64.5 cm³/mol. The second-order valence-corrected chi connectivity index (χ2v) is 4.28. The lowest BCUT2D eigenvalue weighted by atomic mass is 10.1. The SMILES string of the molecule is C=CCN1CPC=C1c1ccccc1. The topological polar surface area (TPSA) is 3.24 Å². The van der Waals surface area contributed by atoms with Gasteiger partial charge in [0.2, 0.25) is 0 Å². The summed E-state index contributed by atoms with van der Waals surface area (Å²) < 4.78 is 0. The molecule has 0 N–H and O–H groups in total. The van der Waals surface area contributed by atoms with Crippen molar-refractivity contribution < 1.29 is 0 Å². The molecule has 1 aromatic carbocycles. The third-order valence-electron chi connectivity index (χ3n) is 2.28. The normalized spacial score (nSPS) is 17.1. The molecule has 1 heterocycles. The van der Waals surface area contributed by atoms with Gasteiger partial charge in [-0.1, -0.05) is 45.0 Å². The van der Waals surface area contributed by atoms with Gasteiger partial charge in [-0.2, -0.15) is 0 Å². The summed E-state index contributed by atoms with van der Waals surface area (Å²) in [4.78, 5) is 2.38. The fourth-order valence-corrected chi connectivity index (χ4v) is 2.78. The molecule has 14 heavy (non-hydrogen) atoms. The summed E-state index contributed by atoms with van der Waals surface area (Å²) >= 11 is 0. The fraction of sp³-hybridized carbons (Fsp3) is 0.167. The molecular formula is C12H14NP. The third-order valence-corrected chi connectivity index (χ3v) is 3.32. The zero-order valence-electron chi connectivity index (χ0n) is 8.11. The molecule has 2 heteroatoms. The van der Waals surface area contributed by atoms with Crippen LogP contribution in [0.5, 0.6) is 0 Å². The summed E-state index contributed by atoms with van der Waals surface area (Å²) in [5, 5.41) is 0. The molecule has 1 nitrogen and oxygen atoms in total. The maximum atomic E-state index is 3.79. The second kappa shape index (κ2) is 4.43. The summed E-state index contributed by atoms with van der Waals surface area (Å²) in [6.07, 6.45) is 3.11. The van der Waals surface area contributed by atoms with Gasteiger partial charge in [0.15, 0.2) is 0 Å². The first kappa shape index (κ1) is 9.48. The molecule has 72 valence electrons. The quantitative estimate of drug-likeness (QED) is 0.539. The van der Waals surface area contributed by atoms with Crippen LogP contribution in [-0.4, -0.2) is 17.7 Å². The smallest absolute Gasteiger partial charge is 0.0448 e. The highest BCUT2D eigenvalue weighted by Gasteiger charge is 2.14. The van der Waals surface area contributed by atoms with Crippen LogP contribution in [-0.2, 0) is 0 Å². The molecule has 1 aromatic rings. The molecule has 2 rings (SSSR count). The Morgan fingerprint density at radius 3 is 2.86 bits per heavy atom. The Labute approximate surface area is 86.9 Å². The molecule has 1 unspecified atom stereocenters. The van der Waals surface area contributed by atoms with Crippen LogP contribution in [0.4, 0.5) is 0 Å². The Morgan fingerprint density at radius 1 is 1.36 bits per heavy atom. The summed E-state index contributed by atoms with van der Waals surface area (Å²) in [5.74, 6) is 2.33. The minimum Gasteiger partial charge on any atom is -0.363 e. The van der Waals surface area contributed by atoms with Crippen LogP contribution in [0.3, 0.4) is 0 Å². The largest absolute Gasteiger partial charge is 0.363 e. The zero-order chi connectivity index (χ0) is 9.80. The zero-order valence-corrected chi connectivity index (χ0v) is 9.11. The van der Waals surface area contributed by atoms with Crippen molar-refractivity contribution in [3.8, 4) is 0 Å². The van der Waals surface area contributed by atoms with E-state index in [0.29, 0.717) is 0 Å². The van der Waals surface area contributed by atoms with Gasteiger partial charge in [-0.25, -0.2) is 0 Å². The van der Waals surface area contributed by atoms with Crippen molar-refractivity contribution in [1.82, 2.24) is 4.90 Å². The van der Waals surface area contributed by atoms with Crippen molar-refractivity contribution in [2.75, 3.05) is 12.8 Å². The van der Waals surface area contributed by atoms with Gasteiger partial charge in [-0.15, -0.1) is 6.58 Å². The molecule has 0 bridgehead atoms. The van der Waals surface area contributed by atoms with Crippen LogP contribution in [0.15, 0.2) is 48.8 Å². The number of nitrogens with zero attached hydrogens (tertiary/aromatic N) is 1. The average Bonchev–Trinajstić information content (AvgIpc) is 2.68. The van der Waals surface area contributed by atoms with Crippen molar-refractivity contribution in [2.45, 2.75) is 0 Å². The van der Waals surface area contributed by atoms with E-state index in [4.69, 9.17) is 0 Å². The molecule has 0 aromatic heterocycles. The monoisotopic (exact) mass is 203 g/mol. The molecule has 0 amide bonds. The van der Waals surface area contributed by atoms with Crippen molar-refractivity contribution in [2.24, 2.45) is 0 Å². The molecule has 0 saturated carbocycles. The van der Waals surface area contributed by atoms with E-state index in [1.165, 1.54) is 11.3 Å². The number of hydrogen-bond acceptors (Lipinski definition) is 1. The van der Waals surface area contributed by atoms with E-state index < -0.39 is 0 Å². The molecule has 0 spiro atoms. The van der Waals surface area contributed by atoms with Gasteiger partial charge in [0.05, 0.1) is 0 Å². The highest BCUT2D eigenvalue weighted by atomic mass is 31.1. The van der Waals surface area contributed by atoms with E-state index in [2.05, 4.69) is 47.6 Å². The van der Waals surface area contributed by atoms with Crippen LogP contribution >= 0.6 is 8.58 Å². The lowest BCUT2D eigenvalue weighted by molar-refractivity contribution is 0.522. The Hall–Kier alpha value is -1.07. The highest BCUT2D eigenvalue weighted by Crippen LogP contribution is 2.34. The van der Waals surface area contributed by atoms with Crippen LogP contribution in [0.25, 0.3) is 5.70 Å². The van der Waals surface area contributed by atoms with Gasteiger partial charge >= 0.3 is 0 Å². The van der Waals surface area contributed by atoms with Gasteiger partial charge < -0.3 is 4.90 Å². The van der Waals surface area contributed by atoms with E-state index in [1.807, 2.05) is 6.08 Å². The van der Waals surface area contributed by atoms with Crippen molar-refractivity contribution in [1.29, 1.82) is 0 Å². The van der Waals surface area contributed by atoms with Gasteiger partial charge in [-0.3, -0.25) is 0 Å². The highest BCUT2D eigenvalue weighted by molar-refractivity contribution is 7.42. The van der Waals surface area contributed by atoms with E-state index in [0.717, 1.165) is 21.4 Å². The van der Waals surface area contributed by atoms with Gasteiger partial charge in [0, 0.05) is 18.5 Å². The number of rotatable bonds is 3. The first-order chi connectivity index (χ1) is 6.92. The predicted octanol–water partition coefficient (Wildman–Crippen LogP) is 3.12. The fourth-order valence-electron chi connectivity index (χ4n) is 1.62. The first-order valence-corrected chi connectivity index (χ1v) is 6.05. The minimum atomic E-state index is 0.921. The summed E-state index contributed by atoms with van der Waals surface area (Å²) in [6, 6.07) is 10.6. The van der Waals surface area contributed by atoms with Crippen molar-refractivity contribution >= 4 is 14.3 Å². The summed E-state index contributed by atoms with van der Waals surface area (Å²) in [6.45, 7) is 4.74.